The highest BCUT2D eigenvalue weighted by molar-refractivity contribution is 7.99. The molecule has 3 aromatic carbocycles. The average molecular weight is 672 g/mol. The fraction of sp³-hybridized carbons (Fsp3) is 0.156. The van der Waals surface area contributed by atoms with Gasteiger partial charge in [-0.05, 0) is 53.4 Å². The molecule has 1 aliphatic heterocycles. The Bertz CT molecular complexity index is 1950. The number of non-ortho nitro benzene ring substituents is 1. The van der Waals surface area contributed by atoms with E-state index in [0.717, 1.165) is 27.9 Å². The van der Waals surface area contributed by atoms with Crippen molar-refractivity contribution in [3.05, 3.63) is 128 Å². The number of nitro benzene ring substituents is 1. The Labute approximate surface area is 276 Å². The van der Waals surface area contributed by atoms with E-state index in [0.29, 0.717) is 23.0 Å². The molecule has 3 heterocycles. The summed E-state index contributed by atoms with van der Waals surface area (Å²) < 4.78 is 21.1. The van der Waals surface area contributed by atoms with Gasteiger partial charge >= 0.3 is 0 Å². The number of nitro groups is 1. The highest BCUT2D eigenvalue weighted by atomic mass is 32.2. The van der Waals surface area contributed by atoms with Crippen molar-refractivity contribution >= 4 is 46.3 Å². The van der Waals surface area contributed by atoms with Crippen LogP contribution >= 0.6 is 23.1 Å². The molecule has 2 aromatic heterocycles. The SMILES string of the molecule is COc1ccc([C@H]2CC(c3cccs3)=NN2C(=O)CSc2nnc(CNC(=O)c3ccccc3F)n2-c2ccc([N+](=O)[O-])cc2)cc1. The quantitative estimate of drug-likeness (QED) is 0.106. The number of ether oxygens (including phenoxy) is 1. The Morgan fingerprint density at radius 3 is 2.51 bits per heavy atom. The van der Waals surface area contributed by atoms with Crippen molar-refractivity contribution in [1.29, 1.82) is 0 Å². The molecule has 0 bridgehead atoms. The molecule has 2 amide bonds. The van der Waals surface area contributed by atoms with Crippen LogP contribution in [0.5, 0.6) is 5.75 Å². The van der Waals surface area contributed by atoms with Crippen LogP contribution in [-0.2, 0) is 11.3 Å². The van der Waals surface area contributed by atoms with E-state index in [1.165, 1.54) is 47.5 Å². The molecule has 1 N–H and O–H groups in total. The second kappa shape index (κ2) is 13.9. The number of hydrogen-bond donors (Lipinski definition) is 1. The van der Waals surface area contributed by atoms with Crippen molar-refractivity contribution in [2.45, 2.75) is 24.2 Å². The number of thiophene rings is 1. The van der Waals surface area contributed by atoms with E-state index in [9.17, 15) is 24.1 Å². The maximum Gasteiger partial charge on any atom is 0.269 e. The van der Waals surface area contributed by atoms with Gasteiger partial charge in [-0.2, -0.15) is 5.10 Å². The number of nitrogens with one attached hydrogen (secondary N) is 1. The van der Waals surface area contributed by atoms with Crippen molar-refractivity contribution in [1.82, 2.24) is 25.1 Å². The fourth-order valence-corrected chi connectivity index (χ4v) is 6.55. The summed E-state index contributed by atoms with van der Waals surface area (Å²) in [5.74, 6) is -0.671. The summed E-state index contributed by atoms with van der Waals surface area (Å²) in [7, 11) is 1.59. The van der Waals surface area contributed by atoms with E-state index in [1.807, 2.05) is 41.8 Å². The number of carbonyl (C=O) groups excluding carboxylic acids is 2. The number of methoxy groups -OCH3 is 1. The number of hydrogen-bond acceptors (Lipinski definition) is 10. The Hall–Kier alpha value is -5.41. The molecule has 0 saturated carbocycles. The van der Waals surface area contributed by atoms with Crippen LogP contribution in [0.1, 0.15) is 39.1 Å². The number of thioether (sulfide) groups is 1. The summed E-state index contributed by atoms with van der Waals surface area (Å²) in [6.07, 6.45) is 0.536. The summed E-state index contributed by atoms with van der Waals surface area (Å²) in [5.41, 5.74) is 1.94. The number of amides is 2. The number of aromatic nitrogens is 3. The van der Waals surface area contributed by atoms with Crippen LogP contribution in [0.2, 0.25) is 0 Å². The zero-order chi connectivity index (χ0) is 32.9. The highest BCUT2D eigenvalue weighted by Crippen LogP contribution is 2.35. The number of halogens is 1. The molecule has 5 aromatic rings. The number of carbonyl (C=O) groups is 2. The van der Waals surface area contributed by atoms with Gasteiger partial charge in [0.05, 0.1) is 46.5 Å². The maximum absolute atomic E-state index is 14.2. The van der Waals surface area contributed by atoms with Gasteiger partial charge < -0.3 is 10.1 Å². The van der Waals surface area contributed by atoms with Crippen LogP contribution in [0.4, 0.5) is 10.1 Å². The van der Waals surface area contributed by atoms with Gasteiger partial charge in [0.1, 0.15) is 11.6 Å². The summed E-state index contributed by atoms with van der Waals surface area (Å²) in [6.45, 7) is -0.133. The van der Waals surface area contributed by atoms with E-state index in [-0.39, 0.29) is 41.3 Å². The van der Waals surface area contributed by atoms with Gasteiger partial charge in [0.2, 0.25) is 0 Å². The molecule has 1 aliphatic rings. The van der Waals surface area contributed by atoms with Gasteiger partial charge in [0, 0.05) is 24.2 Å². The molecule has 0 unspecified atom stereocenters. The third kappa shape index (κ3) is 6.90. The van der Waals surface area contributed by atoms with Crippen LogP contribution in [0.3, 0.4) is 0 Å². The normalized spacial score (nSPS) is 14.1. The van der Waals surface area contributed by atoms with Gasteiger partial charge in [-0.3, -0.25) is 24.3 Å². The average Bonchev–Trinajstić information content (AvgIpc) is 3.87. The van der Waals surface area contributed by atoms with Crippen LogP contribution < -0.4 is 10.1 Å². The molecule has 47 heavy (non-hydrogen) atoms. The van der Waals surface area contributed by atoms with Crippen molar-refractivity contribution in [3.8, 4) is 11.4 Å². The first-order valence-corrected chi connectivity index (χ1v) is 16.1. The second-order valence-corrected chi connectivity index (χ2v) is 12.1. The minimum Gasteiger partial charge on any atom is -0.497 e. The Kier molecular flexibility index (Phi) is 9.35. The van der Waals surface area contributed by atoms with Crippen molar-refractivity contribution in [3.63, 3.8) is 0 Å². The Balaban J connectivity index is 1.25. The lowest BCUT2D eigenvalue weighted by Gasteiger charge is -2.22. The molecule has 15 heteroatoms. The first-order chi connectivity index (χ1) is 22.8. The van der Waals surface area contributed by atoms with Gasteiger partial charge in [0.15, 0.2) is 11.0 Å². The topological polar surface area (TPSA) is 145 Å². The van der Waals surface area contributed by atoms with E-state index < -0.39 is 16.6 Å². The molecule has 6 rings (SSSR count). The van der Waals surface area contributed by atoms with Crippen LogP contribution in [0, 0.1) is 15.9 Å². The molecule has 12 nitrogen and oxygen atoms in total. The Morgan fingerprint density at radius 1 is 1.06 bits per heavy atom. The second-order valence-electron chi connectivity index (χ2n) is 10.2. The first kappa shape index (κ1) is 31.6. The van der Waals surface area contributed by atoms with Gasteiger partial charge in [-0.15, -0.1) is 21.5 Å². The number of nitrogens with zero attached hydrogens (tertiary/aromatic N) is 6. The first-order valence-electron chi connectivity index (χ1n) is 14.2. The lowest BCUT2D eigenvalue weighted by molar-refractivity contribution is -0.384. The van der Waals surface area contributed by atoms with Crippen molar-refractivity contribution in [2.24, 2.45) is 5.10 Å². The molecule has 1 atom stereocenters. The van der Waals surface area contributed by atoms with Crippen LogP contribution in [0.15, 0.2) is 101 Å². The summed E-state index contributed by atoms with van der Waals surface area (Å²) in [6, 6.07) is 22.4. The summed E-state index contributed by atoms with van der Waals surface area (Å²) in [4.78, 5) is 38.2. The molecule has 0 aliphatic carbocycles. The third-order valence-electron chi connectivity index (χ3n) is 7.34. The smallest absolute Gasteiger partial charge is 0.269 e. The fourth-order valence-electron chi connectivity index (χ4n) is 5.00. The van der Waals surface area contributed by atoms with E-state index in [4.69, 9.17) is 9.84 Å². The number of rotatable bonds is 11. The third-order valence-corrected chi connectivity index (χ3v) is 9.17. The lowest BCUT2D eigenvalue weighted by Crippen LogP contribution is -2.28. The summed E-state index contributed by atoms with van der Waals surface area (Å²) in [5, 5.41) is 30.9. The molecule has 0 saturated heterocycles. The summed E-state index contributed by atoms with van der Waals surface area (Å²) >= 11 is 2.66. The molecular weight excluding hydrogens is 646 g/mol. The van der Waals surface area contributed by atoms with Gasteiger partial charge in [-0.1, -0.05) is 42.1 Å². The van der Waals surface area contributed by atoms with Crippen molar-refractivity contribution < 1.29 is 23.6 Å². The van der Waals surface area contributed by atoms with E-state index >= 15 is 0 Å². The zero-order valence-corrected chi connectivity index (χ0v) is 26.4. The Morgan fingerprint density at radius 2 is 1.83 bits per heavy atom. The number of hydrazone groups is 1. The maximum atomic E-state index is 14.2. The molecule has 0 fully saturated rings. The zero-order valence-electron chi connectivity index (χ0n) is 24.8. The predicted molar refractivity (Wildman–Crippen MR) is 174 cm³/mol. The number of benzene rings is 3. The minimum absolute atomic E-state index is 0.0550. The molecule has 238 valence electrons. The monoisotopic (exact) mass is 671 g/mol. The van der Waals surface area contributed by atoms with Crippen LogP contribution in [-0.4, -0.2) is 55.1 Å². The van der Waals surface area contributed by atoms with Crippen LogP contribution in [0.25, 0.3) is 5.69 Å². The molecule has 0 spiro atoms. The largest absolute Gasteiger partial charge is 0.497 e. The molecular formula is C32H26FN7O5S2. The lowest BCUT2D eigenvalue weighted by atomic mass is 10.0. The van der Waals surface area contributed by atoms with Gasteiger partial charge in [0.25, 0.3) is 17.5 Å². The standard InChI is InChI=1S/C32H26FN7O5S2/c1-45-23-14-8-20(9-15-23)27-17-26(28-7-4-16-46-28)37-39(27)30(41)19-47-32-36-35-29(18-34-31(42)24-5-2-3-6-25(24)33)38(32)21-10-12-22(13-11-21)40(43)44/h2-16,27H,17-19H2,1H3,(H,34,42)/t27-/m1/s1. The highest BCUT2D eigenvalue weighted by Gasteiger charge is 2.34. The predicted octanol–water partition coefficient (Wildman–Crippen LogP) is 5.78. The van der Waals surface area contributed by atoms with Gasteiger partial charge in [-0.25, -0.2) is 9.40 Å². The van der Waals surface area contributed by atoms with E-state index in [1.54, 1.807) is 29.1 Å². The van der Waals surface area contributed by atoms with Crippen molar-refractivity contribution in [2.75, 3.05) is 12.9 Å². The minimum atomic E-state index is -0.670. The van der Waals surface area contributed by atoms with E-state index in [2.05, 4.69) is 15.5 Å². The molecule has 0 radical (unpaired) electrons.